The van der Waals surface area contributed by atoms with Crippen LogP contribution in [0.1, 0.15) is 58.3 Å². The fourth-order valence-electron chi connectivity index (χ4n) is 1.85. The van der Waals surface area contributed by atoms with Crippen molar-refractivity contribution in [2.24, 2.45) is 0 Å². The average molecular weight is 295 g/mol. The first-order chi connectivity index (χ1) is 8.88. The summed E-state index contributed by atoms with van der Waals surface area (Å²) >= 11 is 0. The molecule has 19 heavy (non-hydrogen) atoms. The molecule has 0 fully saturated rings. The molecule has 0 spiro atoms. The number of hydrogen-bond donors (Lipinski definition) is 2. The molecule has 6 nitrogen and oxygen atoms in total. The lowest BCUT2D eigenvalue weighted by Gasteiger charge is -2.15. The number of carbonyl (C=O) groups is 1. The van der Waals surface area contributed by atoms with Gasteiger partial charge in [0.1, 0.15) is 6.54 Å². The minimum Gasteiger partial charge on any atom is -0.480 e. The van der Waals surface area contributed by atoms with Gasteiger partial charge in [0, 0.05) is 6.54 Å². The van der Waals surface area contributed by atoms with Crippen LogP contribution in [0.15, 0.2) is 0 Å². The number of nitrogens with zero attached hydrogens (tertiary/aromatic N) is 1. The minimum atomic E-state index is -4.41. The van der Waals surface area contributed by atoms with Gasteiger partial charge < -0.3 is 5.11 Å². The van der Waals surface area contributed by atoms with E-state index in [0.29, 0.717) is 10.7 Å². The van der Waals surface area contributed by atoms with Crippen molar-refractivity contribution in [1.29, 1.82) is 0 Å². The molecule has 0 bridgehead atoms. The lowest BCUT2D eigenvalue weighted by molar-refractivity contribution is -0.137. The Morgan fingerprint density at radius 1 is 1.00 bits per heavy atom. The van der Waals surface area contributed by atoms with E-state index in [1.54, 1.807) is 0 Å². The monoisotopic (exact) mass is 295 g/mol. The molecule has 0 aromatic rings. The Bertz CT molecular complexity index is 342. The second kappa shape index (κ2) is 10.2. The highest BCUT2D eigenvalue weighted by atomic mass is 32.2. The molecule has 0 aliphatic heterocycles. The summed E-state index contributed by atoms with van der Waals surface area (Å²) in [6, 6.07) is 0. The topological polar surface area (TPSA) is 94.9 Å². The molecule has 0 unspecified atom stereocenters. The van der Waals surface area contributed by atoms with Crippen molar-refractivity contribution >= 4 is 16.3 Å². The summed E-state index contributed by atoms with van der Waals surface area (Å²) in [6.45, 7) is 1.53. The van der Waals surface area contributed by atoms with Gasteiger partial charge in [-0.25, -0.2) is 0 Å². The van der Waals surface area contributed by atoms with Gasteiger partial charge >= 0.3 is 16.3 Å². The fourth-order valence-corrected chi connectivity index (χ4v) is 2.48. The maximum atomic E-state index is 10.9. The first-order valence-corrected chi connectivity index (χ1v) is 8.22. The van der Waals surface area contributed by atoms with Gasteiger partial charge in [0.25, 0.3) is 0 Å². The molecule has 0 amide bonds. The van der Waals surface area contributed by atoms with Gasteiger partial charge in [-0.05, 0) is 6.42 Å². The van der Waals surface area contributed by atoms with Crippen molar-refractivity contribution in [3.63, 3.8) is 0 Å². The van der Waals surface area contributed by atoms with Crippen LogP contribution in [0.4, 0.5) is 0 Å². The summed E-state index contributed by atoms with van der Waals surface area (Å²) in [4.78, 5) is 10.5. The van der Waals surface area contributed by atoms with Gasteiger partial charge in [-0.1, -0.05) is 51.9 Å². The average Bonchev–Trinajstić information content (AvgIpc) is 2.29. The molecular formula is C12H25NO5S. The van der Waals surface area contributed by atoms with E-state index in [1.807, 2.05) is 0 Å². The maximum absolute atomic E-state index is 10.9. The zero-order valence-electron chi connectivity index (χ0n) is 11.5. The molecule has 0 saturated carbocycles. The van der Waals surface area contributed by atoms with E-state index in [9.17, 15) is 13.2 Å². The Morgan fingerprint density at radius 3 is 1.89 bits per heavy atom. The van der Waals surface area contributed by atoms with Crippen LogP contribution in [-0.2, 0) is 15.1 Å². The van der Waals surface area contributed by atoms with Crippen molar-refractivity contribution in [2.45, 2.75) is 58.3 Å². The highest BCUT2D eigenvalue weighted by Gasteiger charge is 2.20. The number of carboxylic acids is 1. The van der Waals surface area contributed by atoms with E-state index < -0.39 is 22.8 Å². The molecule has 0 aliphatic carbocycles. The largest absolute Gasteiger partial charge is 0.480 e. The Labute approximate surface area is 115 Å². The summed E-state index contributed by atoms with van der Waals surface area (Å²) in [5.74, 6) is -1.27. The van der Waals surface area contributed by atoms with Crippen LogP contribution in [0.3, 0.4) is 0 Å². The van der Waals surface area contributed by atoms with Gasteiger partial charge in [-0.3, -0.25) is 9.35 Å². The van der Waals surface area contributed by atoms with E-state index in [0.717, 1.165) is 19.3 Å². The number of hydrogen-bond acceptors (Lipinski definition) is 3. The summed E-state index contributed by atoms with van der Waals surface area (Å²) in [5.41, 5.74) is 0. The third kappa shape index (κ3) is 10.9. The second-order valence-electron chi connectivity index (χ2n) is 4.68. The molecular weight excluding hydrogens is 270 g/mol. The van der Waals surface area contributed by atoms with Crippen LogP contribution < -0.4 is 0 Å². The van der Waals surface area contributed by atoms with E-state index in [2.05, 4.69) is 6.92 Å². The van der Waals surface area contributed by atoms with E-state index >= 15 is 0 Å². The molecule has 0 aromatic heterocycles. The second-order valence-corrected chi connectivity index (χ2v) is 6.09. The predicted octanol–water partition coefficient (Wildman–Crippen LogP) is 2.32. The van der Waals surface area contributed by atoms with E-state index in [4.69, 9.17) is 9.66 Å². The molecule has 0 heterocycles. The highest BCUT2D eigenvalue weighted by Crippen LogP contribution is 2.09. The Morgan fingerprint density at radius 2 is 1.47 bits per heavy atom. The van der Waals surface area contributed by atoms with Crippen LogP contribution in [0.25, 0.3) is 0 Å². The predicted molar refractivity (Wildman–Crippen MR) is 73.4 cm³/mol. The zero-order valence-corrected chi connectivity index (χ0v) is 12.4. The molecule has 0 aromatic carbocycles. The maximum Gasteiger partial charge on any atom is 0.336 e. The Kier molecular flexibility index (Phi) is 9.81. The molecule has 114 valence electrons. The van der Waals surface area contributed by atoms with Gasteiger partial charge in [-0.15, -0.1) is 0 Å². The molecule has 0 rings (SSSR count). The van der Waals surface area contributed by atoms with E-state index in [-0.39, 0.29) is 6.54 Å². The Hall–Kier alpha value is -0.660. The molecule has 0 radical (unpaired) electrons. The van der Waals surface area contributed by atoms with Crippen molar-refractivity contribution in [3.8, 4) is 0 Å². The minimum absolute atomic E-state index is 0.0556. The summed E-state index contributed by atoms with van der Waals surface area (Å²) < 4.78 is 31.3. The third-order valence-corrected chi connectivity index (χ3v) is 3.86. The standard InChI is InChI=1S/C12H25NO5S/c1-2-3-4-5-6-7-8-9-10-13(11-12(14)15)19(16,17)18/h2-11H2,1H3,(H,14,15)(H,16,17,18). The lowest BCUT2D eigenvalue weighted by Crippen LogP contribution is -2.35. The quantitative estimate of drug-likeness (QED) is 0.425. The number of unbranched alkanes of at least 4 members (excludes halogenated alkanes) is 7. The normalized spacial score (nSPS) is 11.9. The Balaban J connectivity index is 3.74. The van der Waals surface area contributed by atoms with Gasteiger partial charge in [0.2, 0.25) is 0 Å². The first-order valence-electron chi connectivity index (χ1n) is 6.82. The van der Waals surface area contributed by atoms with Crippen molar-refractivity contribution in [1.82, 2.24) is 4.31 Å². The van der Waals surface area contributed by atoms with Crippen molar-refractivity contribution in [3.05, 3.63) is 0 Å². The number of rotatable bonds is 12. The van der Waals surface area contributed by atoms with Gasteiger partial charge in [0.15, 0.2) is 0 Å². The molecule has 0 saturated heterocycles. The molecule has 7 heteroatoms. The molecule has 2 N–H and O–H groups in total. The number of aliphatic carboxylic acids is 1. The third-order valence-electron chi connectivity index (χ3n) is 2.90. The van der Waals surface area contributed by atoms with Crippen LogP contribution >= 0.6 is 0 Å². The van der Waals surface area contributed by atoms with Crippen LogP contribution in [-0.4, -0.2) is 41.4 Å². The summed E-state index contributed by atoms with van der Waals surface area (Å²) in [6.07, 6.45) is 8.41. The fraction of sp³-hybridized carbons (Fsp3) is 0.917. The van der Waals surface area contributed by atoms with Gasteiger partial charge in [-0.2, -0.15) is 12.7 Å². The van der Waals surface area contributed by atoms with Crippen LogP contribution in [0.2, 0.25) is 0 Å². The summed E-state index contributed by atoms with van der Waals surface area (Å²) in [5, 5.41) is 8.55. The van der Waals surface area contributed by atoms with Crippen molar-refractivity contribution < 1.29 is 22.9 Å². The summed E-state index contributed by atoms with van der Waals surface area (Å²) in [7, 11) is -4.41. The highest BCUT2D eigenvalue weighted by molar-refractivity contribution is 7.83. The first kappa shape index (κ1) is 18.3. The van der Waals surface area contributed by atoms with Gasteiger partial charge in [0.05, 0.1) is 0 Å². The van der Waals surface area contributed by atoms with Crippen LogP contribution in [0.5, 0.6) is 0 Å². The molecule has 0 atom stereocenters. The lowest BCUT2D eigenvalue weighted by atomic mass is 10.1. The van der Waals surface area contributed by atoms with Crippen molar-refractivity contribution in [2.75, 3.05) is 13.1 Å². The van der Waals surface area contributed by atoms with E-state index in [1.165, 1.54) is 25.7 Å². The SMILES string of the molecule is CCCCCCCCCCN(CC(=O)O)S(=O)(=O)O. The smallest absolute Gasteiger partial charge is 0.336 e. The zero-order chi connectivity index (χ0) is 14.7. The molecule has 0 aliphatic rings. The van der Waals surface area contributed by atoms with Crippen LogP contribution in [0, 0.1) is 0 Å². The number of carboxylic acid groups (broad SMARTS) is 1.